The van der Waals surface area contributed by atoms with Gasteiger partial charge >= 0.3 is 0 Å². The second-order valence-corrected chi connectivity index (χ2v) is 6.46. The smallest absolute Gasteiger partial charge is 0.256 e. The SMILES string of the molecule is CCC(C)NC(=O)c1cccc(NC(=O)c2ccccc2I)c1. The third-order valence-corrected chi connectivity index (χ3v) is 4.43. The van der Waals surface area contributed by atoms with Crippen LogP contribution in [-0.4, -0.2) is 17.9 Å². The van der Waals surface area contributed by atoms with Crippen molar-refractivity contribution in [3.05, 3.63) is 63.2 Å². The minimum atomic E-state index is -0.186. The van der Waals surface area contributed by atoms with E-state index >= 15 is 0 Å². The maximum Gasteiger partial charge on any atom is 0.256 e. The predicted molar refractivity (Wildman–Crippen MR) is 101 cm³/mol. The third kappa shape index (κ3) is 4.79. The van der Waals surface area contributed by atoms with Crippen molar-refractivity contribution in [1.82, 2.24) is 5.32 Å². The minimum absolute atomic E-state index is 0.117. The summed E-state index contributed by atoms with van der Waals surface area (Å²) in [5, 5.41) is 5.75. The van der Waals surface area contributed by atoms with Crippen LogP contribution in [0.1, 0.15) is 41.0 Å². The van der Waals surface area contributed by atoms with Gasteiger partial charge in [0, 0.05) is 20.9 Å². The van der Waals surface area contributed by atoms with Gasteiger partial charge in [-0.1, -0.05) is 25.1 Å². The second-order valence-electron chi connectivity index (χ2n) is 5.30. The number of hydrogen-bond acceptors (Lipinski definition) is 2. The molecule has 1 atom stereocenters. The highest BCUT2D eigenvalue weighted by atomic mass is 127. The zero-order valence-corrected chi connectivity index (χ0v) is 15.3. The average molecular weight is 422 g/mol. The van der Waals surface area contributed by atoms with Gasteiger partial charge in [-0.3, -0.25) is 9.59 Å². The highest BCUT2D eigenvalue weighted by Gasteiger charge is 2.12. The van der Waals surface area contributed by atoms with Crippen molar-refractivity contribution in [2.24, 2.45) is 0 Å². The Morgan fingerprint density at radius 1 is 1.09 bits per heavy atom. The summed E-state index contributed by atoms with van der Waals surface area (Å²) in [5.74, 6) is -0.320. The van der Waals surface area contributed by atoms with Crippen LogP contribution in [0.15, 0.2) is 48.5 Å². The van der Waals surface area contributed by atoms with Gasteiger partial charge in [0.05, 0.1) is 5.56 Å². The van der Waals surface area contributed by atoms with Gasteiger partial charge in [0.25, 0.3) is 11.8 Å². The van der Waals surface area contributed by atoms with Crippen LogP contribution >= 0.6 is 22.6 Å². The molecule has 0 aromatic heterocycles. The molecule has 0 aliphatic heterocycles. The fraction of sp³-hybridized carbons (Fsp3) is 0.222. The quantitative estimate of drug-likeness (QED) is 0.714. The summed E-state index contributed by atoms with van der Waals surface area (Å²) in [5.41, 5.74) is 1.75. The van der Waals surface area contributed by atoms with E-state index in [0.29, 0.717) is 16.8 Å². The number of nitrogens with one attached hydrogen (secondary N) is 2. The van der Waals surface area contributed by atoms with E-state index in [9.17, 15) is 9.59 Å². The van der Waals surface area contributed by atoms with Crippen LogP contribution in [0.3, 0.4) is 0 Å². The van der Waals surface area contributed by atoms with E-state index in [-0.39, 0.29) is 17.9 Å². The Morgan fingerprint density at radius 2 is 1.83 bits per heavy atom. The Morgan fingerprint density at radius 3 is 2.52 bits per heavy atom. The van der Waals surface area contributed by atoms with Crippen molar-refractivity contribution in [2.75, 3.05) is 5.32 Å². The van der Waals surface area contributed by atoms with E-state index in [1.54, 1.807) is 30.3 Å². The molecule has 120 valence electrons. The van der Waals surface area contributed by atoms with Crippen LogP contribution < -0.4 is 10.6 Å². The maximum absolute atomic E-state index is 12.3. The molecule has 0 aliphatic carbocycles. The topological polar surface area (TPSA) is 58.2 Å². The molecule has 4 nitrogen and oxygen atoms in total. The van der Waals surface area contributed by atoms with E-state index in [1.807, 2.05) is 32.0 Å². The lowest BCUT2D eigenvalue weighted by Gasteiger charge is -2.12. The fourth-order valence-electron chi connectivity index (χ4n) is 1.99. The van der Waals surface area contributed by atoms with E-state index in [2.05, 4.69) is 33.2 Å². The van der Waals surface area contributed by atoms with E-state index in [1.165, 1.54) is 0 Å². The lowest BCUT2D eigenvalue weighted by molar-refractivity contribution is 0.0938. The molecular formula is C18H19IN2O2. The number of carbonyl (C=O) groups excluding carboxylic acids is 2. The van der Waals surface area contributed by atoms with Gasteiger partial charge in [0.1, 0.15) is 0 Å². The molecule has 2 aromatic carbocycles. The molecule has 0 saturated carbocycles. The molecule has 0 heterocycles. The number of hydrogen-bond donors (Lipinski definition) is 2. The van der Waals surface area contributed by atoms with Gasteiger partial charge in [0.2, 0.25) is 0 Å². The molecule has 5 heteroatoms. The Balaban J connectivity index is 2.13. The fourth-order valence-corrected chi connectivity index (χ4v) is 2.62. The summed E-state index contributed by atoms with van der Waals surface area (Å²) in [6.07, 6.45) is 0.870. The first-order valence-corrected chi connectivity index (χ1v) is 8.56. The van der Waals surface area contributed by atoms with Crippen LogP contribution in [0.2, 0.25) is 0 Å². The van der Waals surface area contributed by atoms with Gasteiger partial charge < -0.3 is 10.6 Å². The monoisotopic (exact) mass is 422 g/mol. The summed E-state index contributed by atoms with van der Waals surface area (Å²) in [6, 6.07) is 14.4. The van der Waals surface area contributed by atoms with Crippen molar-refractivity contribution in [3.63, 3.8) is 0 Å². The molecule has 0 spiro atoms. The zero-order chi connectivity index (χ0) is 16.8. The van der Waals surface area contributed by atoms with Crippen LogP contribution in [0.5, 0.6) is 0 Å². The van der Waals surface area contributed by atoms with Gasteiger partial charge in [-0.05, 0) is 66.3 Å². The van der Waals surface area contributed by atoms with E-state index in [4.69, 9.17) is 0 Å². The second kappa shape index (κ2) is 8.10. The Labute approximate surface area is 149 Å². The Hall–Kier alpha value is -1.89. The number of anilines is 1. The van der Waals surface area contributed by atoms with Gasteiger partial charge in [-0.25, -0.2) is 0 Å². The molecule has 0 radical (unpaired) electrons. The molecule has 0 aliphatic rings. The number of rotatable bonds is 5. The summed E-state index contributed by atoms with van der Waals surface area (Å²) in [6.45, 7) is 3.98. The first kappa shape index (κ1) is 17.5. The summed E-state index contributed by atoms with van der Waals surface area (Å²) >= 11 is 2.13. The van der Waals surface area contributed by atoms with Crippen LogP contribution in [-0.2, 0) is 0 Å². The number of benzene rings is 2. The number of carbonyl (C=O) groups is 2. The van der Waals surface area contributed by atoms with Gasteiger partial charge in [-0.15, -0.1) is 0 Å². The van der Waals surface area contributed by atoms with Crippen LogP contribution in [0.4, 0.5) is 5.69 Å². The van der Waals surface area contributed by atoms with Gasteiger partial charge in [-0.2, -0.15) is 0 Å². The largest absolute Gasteiger partial charge is 0.350 e. The maximum atomic E-state index is 12.3. The molecule has 0 saturated heterocycles. The van der Waals surface area contributed by atoms with Gasteiger partial charge in [0.15, 0.2) is 0 Å². The number of halogens is 1. The predicted octanol–water partition coefficient (Wildman–Crippen LogP) is 4.07. The molecule has 0 fully saturated rings. The van der Waals surface area contributed by atoms with Crippen LogP contribution in [0.25, 0.3) is 0 Å². The molecule has 1 unspecified atom stereocenters. The molecule has 2 aromatic rings. The number of amides is 2. The van der Waals surface area contributed by atoms with Crippen molar-refractivity contribution in [3.8, 4) is 0 Å². The lowest BCUT2D eigenvalue weighted by Crippen LogP contribution is -2.31. The Bertz CT molecular complexity index is 716. The normalized spacial score (nSPS) is 11.6. The van der Waals surface area contributed by atoms with Crippen molar-refractivity contribution >= 4 is 40.1 Å². The first-order chi connectivity index (χ1) is 11.0. The molecule has 2 rings (SSSR count). The highest BCUT2D eigenvalue weighted by molar-refractivity contribution is 14.1. The lowest BCUT2D eigenvalue weighted by atomic mass is 10.1. The zero-order valence-electron chi connectivity index (χ0n) is 13.1. The standard InChI is InChI=1S/C18H19IN2O2/c1-3-12(2)20-17(22)13-7-6-8-14(11-13)21-18(23)15-9-4-5-10-16(15)19/h4-12H,3H2,1-2H3,(H,20,22)(H,21,23). The molecule has 2 N–H and O–H groups in total. The highest BCUT2D eigenvalue weighted by Crippen LogP contribution is 2.16. The van der Waals surface area contributed by atoms with Crippen LogP contribution in [0, 0.1) is 3.57 Å². The molecular weight excluding hydrogens is 403 g/mol. The van der Waals surface area contributed by atoms with E-state index in [0.717, 1.165) is 9.99 Å². The molecule has 23 heavy (non-hydrogen) atoms. The summed E-state index contributed by atoms with van der Waals surface area (Å²) in [7, 11) is 0. The summed E-state index contributed by atoms with van der Waals surface area (Å²) in [4.78, 5) is 24.5. The van der Waals surface area contributed by atoms with Crippen molar-refractivity contribution < 1.29 is 9.59 Å². The van der Waals surface area contributed by atoms with Crippen molar-refractivity contribution in [1.29, 1.82) is 0 Å². The first-order valence-electron chi connectivity index (χ1n) is 7.48. The molecule has 0 bridgehead atoms. The molecule has 2 amide bonds. The Kier molecular flexibility index (Phi) is 6.15. The van der Waals surface area contributed by atoms with E-state index < -0.39 is 0 Å². The third-order valence-electron chi connectivity index (χ3n) is 3.49. The van der Waals surface area contributed by atoms with Crippen molar-refractivity contribution in [2.45, 2.75) is 26.3 Å². The average Bonchev–Trinajstić information content (AvgIpc) is 2.55. The minimum Gasteiger partial charge on any atom is -0.350 e. The summed E-state index contributed by atoms with van der Waals surface area (Å²) < 4.78 is 0.883.